The molecule has 1 N–H and O–H groups in total. The van der Waals surface area contributed by atoms with E-state index in [-0.39, 0.29) is 17.3 Å². The minimum absolute atomic E-state index is 0.155. The monoisotopic (exact) mass is 422 g/mol. The Kier molecular flexibility index (Phi) is 6.57. The molecule has 1 amide bonds. The van der Waals surface area contributed by atoms with Crippen LogP contribution in [0.5, 0.6) is 0 Å². The molecule has 0 radical (unpaired) electrons. The molecule has 0 aliphatic heterocycles. The number of rotatable bonds is 7. The standard InChI is InChI=1S/C24H26N2O3S/c1-18-9-13-23(14-10-18)30(28,29)26(22-12-11-19(2)20(3)15-22)17-24(27)25-16-21-7-5-4-6-8-21/h4-15H,16-17H2,1-3H3,(H,25,27). The van der Waals surface area contributed by atoms with Gasteiger partial charge in [0.25, 0.3) is 10.0 Å². The second kappa shape index (κ2) is 9.13. The lowest BCUT2D eigenvalue weighted by Crippen LogP contribution is -2.40. The summed E-state index contributed by atoms with van der Waals surface area (Å²) < 4.78 is 28.0. The smallest absolute Gasteiger partial charge is 0.264 e. The molecule has 0 aliphatic rings. The minimum Gasteiger partial charge on any atom is -0.350 e. The molecule has 0 saturated heterocycles. The van der Waals surface area contributed by atoms with Gasteiger partial charge in [0, 0.05) is 6.54 Å². The zero-order chi connectivity index (χ0) is 21.7. The molecule has 6 heteroatoms. The van der Waals surface area contributed by atoms with E-state index in [4.69, 9.17) is 0 Å². The Balaban J connectivity index is 1.90. The average molecular weight is 423 g/mol. The quantitative estimate of drug-likeness (QED) is 0.623. The first-order valence-electron chi connectivity index (χ1n) is 9.74. The molecule has 5 nitrogen and oxygen atoms in total. The van der Waals surface area contributed by atoms with E-state index in [0.29, 0.717) is 12.2 Å². The summed E-state index contributed by atoms with van der Waals surface area (Å²) >= 11 is 0. The maximum absolute atomic E-state index is 13.4. The number of hydrogen-bond acceptors (Lipinski definition) is 3. The van der Waals surface area contributed by atoms with E-state index >= 15 is 0 Å². The summed E-state index contributed by atoms with van der Waals surface area (Å²) in [6.45, 7) is 5.82. The first-order chi connectivity index (χ1) is 14.3. The summed E-state index contributed by atoms with van der Waals surface area (Å²) in [6, 6.07) is 21.5. The van der Waals surface area contributed by atoms with Crippen molar-refractivity contribution in [3.63, 3.8) is 0 Å². The van der Waals surface area contributed by atoms with Crippen molar-refractivity contribution in [3.8, 4) is 0 Å². The van der Waals surface area contributed by atoms with Crippen LogP contribution in [0, 0.1) is 20.8 Å². The van der Waals surface area contributed by atoms with Crippen LogP contribution in [0.1, 0.15) is 22.3 Å². The summed E-state index contributed by atoms with van der Waals surface area (Å²) in [5.41, 5.74) is 4.40. The van der Waals surface area contributed by atoms with Crippen LogP contribution in [0.3, 0.4) is 0 Å². The van der Waals surface area contributed by atoms with Crippen molar-refractivity contribution in [1.29, 1.82) is 0 Å². The average Bonchev–Trinajstić information content (AvgIpc) is 2.73. The first-order valence-corrected chi connectivity index (χ1v) is 11.2. The van der Waals surface area contributed by atoms with Crippen molar-refractivity contribution in [2.24, 2.45) is 0 Å². The third-order valence-corrected chi connectivity index (χ3v) is 6.80. The highest BCUT2D eigenvalue weighted by atomic mass is 32.2. The van der Waals surface area contributed by atoms with Crippen LogP contribution in [-0.2, 0) is 21.4 Å². The molecule has 3 rings (SSSR count). The summed E-state index contributed by atoms with van der Waals surface area (Å²) in [7, 11) is -3.91. The normalized spacial score (nSPS) is 11.2. The number of nitrogens with zero attached hydrogens (tertiary/aromatic N) is 1. The number of hydrogen-bond donors (Lipinski definition) is 1. The van der Waals surface area contributed by atoms with E-state index in [2.05, 4.69) is 5.32 Å². The fourth-order valence-corrected chi connectivity index (χ4v) is 4.43. The molecule has 0 unspecified atom stereocenters. The van der Waals surface area contributed by atoms with Gasteiger partial charge in [0.2, 0.25) is 5.91 Å². The molecule has 0 aromatic heterocycles. The topological polar surface area (TPSA) is 66.5 Å². The number of aryl methyl sites for hydroxylation is 3. The zero-order valence-electron chi connectivity index (χ0n) is 17.4. The van der Waals surface area contributed by atoms with Gasteiger partial charge in [-0.3, -0.25) is 9.10 Å². The van der Waals surface area contributed by atoms with Crippen molar-refractivity contribution in [2.45, 2.75) is 32.2 Å². The fraction of sp³-hybridized carbons (Fsp3) is 0.208. The van der Waals surface area contributed by atoms with Gasteiger partial charge in [-0.15, -0.1) is 0 Å². The fourth-order valence-electron chi connectivity index (χ4n) is 3.02. The molecule has 0 bridgehead atoms. The van der Waals surface area contributed by atoms with Crippen molar-refractivity contribution in [3.05, 3.63) is 95.1 Å². The molecule has 0 saturated carbocycles. The Morgan fingerprint density at radius 3 is 2.17 bits per heavy atom. The van der Waals surface area contributed by atoms with E-state index in [1.54, 1.807) is 36.4 Å². The SMILES string of the molecule is Cc1ccc(S(=O)(=O)N(CC(=O)NCc2ccccc2)c2ccc(C)c(C)c2)cc1. The molecule has 0 atom stereocenters. The molecule has 0 spiro atoms. The largest absolute Gasteiger partial charge is 0.350 e. The van der Waals surface area contributed by atoms with Crippen LogP contribution in [0.15, 0.2) is 77.7 Å². The second-order valence-corrected chi connectivity index (χ2v) is 9.22. The Morgan fingerprint density at radius 2 is 1.53 bits per heavy atom. The predicted molar refractivity (Wildman–Crippen MR) is 120 cm³/mol. The summed E-state index contributed by atoms with van der Waals surface area (Å²) in [4.78, 5) is 12.8. The molecule has 3 aromatic rings. The highest BCUT2D eigenvalue weighted by molar-refractivity contribution is 7.92. The van der Waals surface area contributed by atoms with Crippen molar-refractivity contribution >= 4 is 21.6 Å². The Bertz CT molecular complexity index is 1120. The number of anilines is 1. The zero-order valence-corrected chi connectivity index (χ0v) is 18.2. The summed E-state index contributed by atoms with van der Waals surface area (Å²) in [6.07, 6.45) is 0. The summed E-state index contributed by atoms with van der Waals surface area (Å²) in [5, 5.41) is 2.81. The molecular formula is C24H26N2O3S. The molecule has 156 valence electrons. The van der Waals surface area contributed by atoms with Crippen LogP contribution in [-0.4, -0.2) is 20.9 Å². The molecule has 0 aliphatic carbocycles. The van der Waals surface area contributed by atoms with Gasteiger partial charge >= 0.3 is 0 Å². The van der Waals surface area contributed by atoms with E-state index in [0.717, 1.165) is 22.3 Å². The lowest BCUT2D eigenvalue weighted by atomic mass is 10.1. The molecule has 0 heterocycles. The number of amides is 1. The van der Waals surface area contributed by atoms with Crippen molar-refractivity contribution in [2.75, 3.05) is 10.8 Å². The van der Waals surface area contributed by atoms with Gasteiger partial charge in [-0.1, -0.05) is 54.1 Å². The highest BCUT2D eigenvalue weighted by Crippen LogP contribution is 2.26. The maximum Gasteiger partial charge on any atom is 0.264 e. The van der Waals surface area contributed by atoms with Crippen LogP contribution >= 0.6 is 0 Å². The van der Waals surface area contributed by atoms with E-state index in [1.165, 1.54) is 4.31 Å². The highest BCUT2D eigenvalue weighted by Gasteiger charge is 2.27. The number of benzene rings is 3. The van der Waals surface area contributed by atoms with Crippen LogP contribution in [0.25, 0.3) is 0 Å². The van der Waals surface area contributed by atoms with Crippen molar-refractivity contribution < 1.29 is 13.2 Å². The van der Waals surface area contributed by atoms with Gasteiger partial charge in [0.15, 0.2) is 0 Å². The number of carbonyl (C=O) groups excluding carboxylic acids is 1. The van der Waals surface area contributed by atoms with Gasteiger partial charge < -0.3 is 5.32 Å². The maximum atomic E-state index is 13.4. The third kappa shape index (κ3) is 5.07. The Hall–Kier alpha value is -3.12. The van der Waals surface area contributed by atoms with E-state index in [1.807, 2.05) is 57.2 Å². The predicted octanol–water partition coefficient (Wildman–Crippen LogP) is 4.12. The number of sulfonamides is 1. The Morgan fingerprint density at radius 1 is 0.867 bits per heavy atom. The first kappa shape index (κ1) is 21.6. The van der Waals surface area contributed by atoms with Crippen LogP contribution < -0.4 is 9.62 Å². The number of nitrogens with one attached hydrogen (secondary N) is 1. The molecule has 0 fully saturated rings. The molecule has 3 aromatic carbocycles. The Labute approximate surface area is 178 Å². The lowest BCUT2D eigenvalue weighted by Gasteiger charge is -2.25. The minimum atomic E-state index is -3.91. The van der Waals surface area contributed by atoms with E-state index in [9.17, 15) is 13.2 Å². The summed E-state index contributed by atoms with van der Waals surface area (Å²) in [5.74, 6) is -0.368. The third-order valence-electron chi connectivity index (χ3n) is 5.01. The van der Waals surface area contributed by atoms with Crippen molar-refractivity contribution in [1.82, 2.24) is 5.32 Å². The lowest BCUT2D eigenvalue weighted by molar-refractivity contribution is -0.119. The molecule has 30 heavy (non-hydrogen) atoms. The van der Waals surface area contributed by atoms with Gasteiger partial charge in [-0.25, -0.2) is 8.42 Å². The molecular weight excluding hydrogens is 396 g/mol. The van der Waals surface area contributed by atoms with Gasteiger partial charge in [-0.2, -0.15) is 0 Å². The van der Waals surface area contributed by atoms with Gasteiger partial charge in [0.1, 0.15) is 6.54 Å². The van der Waals surface area contributed by atoms with E-state index < -0.39 is 10.0 Å². The second-order valence-electron chi connectivity index (χ2n) is 7.36. The number of carbonyl (C=O) groups is 1. The van der Waals surface area contributed by atoms with Crippen LogP contribution in [0.2, 0.25) is 0 Å². The van der Waals surface area contributed by atoms with Gasteiger partial charge in [0.05, 0.1) is 10.6 Å². The van der Waals surface area contributed by atoms with Gasteiger partial charge in [-0.05, 0) is 61.7 Å². The van der Waals surface area contributed by atoms with Crippen LogP contribution in [0.4, 0.5) is 5.69 Å².